The van der Waals surface area contributed by atoms with Crippen molar-refractivity contribution in [1.82, 2.24) is 4.57 Å². The van der Waals surface area contributed by atoms with E-state index in [1.807, 2.05) is 34.8 Å². The van der Waals surface area contributed by atoms with Crippen LogP contribution in [0.1, 0.15) is 34.1 Å². The first-order chi connectivity index (χ1) is 62.9. The number of aromatic nitrogens is 1. The quantitative estimate of drug-likeness (QED) is 0.114. The molecule has 0 bridgehead atoms. The molecule has 3 nitrogen and oxygen atoms in total. The maximum absolute atomic E-state index is 3.61. The molecule has 0 N–H and O–H groups in total. The second kappa shape index (κ2) is 31.9. The van der Waals surface area contributed by atoms with E-state index in [4.69, 9.17) is 0 Å². The highest BCUT2D eigenvalue weighted by molar-refractivity contribution is 9.10. The molecule has 2 atom stereocenters. The topological polar surface area (TPSA) is 11.4 Å². The highest BCUT2D eigenvalue weighted by atomic mass is 79.9. The zero-order valence-corrected chi connectivity index (χ0v) is 72.5. The Morgan fingerprint density at radius 2 is 0.638 bits per heavy atom. The van der Waals surface area contributed by atoms with E-state index in [9.17, 15) is 0 Å². The van der Waals surface area contributed by atoms with E-state index in [1.165, 1.54) is 201 Å². The SMILES string of the molecule is Brc1cc(-c2ccccc2)cc(-c2ccccc2)c1.c1ccc(-c2cccc(N(c3ccc4c(c3)C3c5cccc6cccc(c56)C3C4)c3ccc4c(c3)sc3ccccc34)c2)cc1.c1ccc(-c2cccc(N(c3ccc4c(c3)sc3ccccc34)c3ccc4c(c3)c3c(n4-c4cc(-c5ccccc5)cc(-c5ccccc5)c4)-c4cccc5cccc-3c45)c2)cc1. The lowest BCUT2D eigenvalue weighted by Gasteiger charge is -2.27. The maximum atomic E-state index is 3.61. The van der Waals surface area contributed by atoms with E-state index in [1.54, 1.807) is 0 Å². The molecule has 0 saturated carbocycles. The van der Waals surface area contributed by atoms with Crippen LogP contribution in [0.15, 0.2) is 466 Å². The Labute approximate surface area is 754 Å². The molecular weight excluding hydrogens is 1640 g/mol. The molecule has 3 aromatic heterocycles. The molecule has 0 aliphatic heterocycles. The van der Waals surface area contributed by atoms with Crippen LogP contribution >= 0.6 is 38.6 Å². The van der Waals surface area contributed by atoms with Crippen LogP contribution in [0.2, 0.25) is 0 Å². The van der Waals surface area contributed by atoms with Crippen molar-refractivity contribution in [3.8, 4) is 94.8 Å². The normalized spacial score (nSPS) is 13.2. The van der Waals surface area contributed by atoms with Gasteiger partial charge in [0.1, 0.15) is 0 Å². The van der Waals surface area contributed by atoms with Gasteiger partial charge in [-0.15, -0.1) is 22.7 Å². The summed E-state index contributed by atoms with van der Waals surface area (Å²) in [6, 6.07) is 169. The van der Waals surface area contributed by atoms with Gasteiger partial charge in [0.15, 0.2) is 0 Å². The lowest BCUT2D eigenvalue weighted by molar-refractivity contribution is 0.689. The van der Waals surface area contributed by atoms with Crippen molar-refractivity contribution in [3.63, 3.8) is 0 Å². The van der Waals surface area contributed by atoms with E-state index in [0.717, 1.165) is 33.6 Å². The van der Waals surface area contributed by atoms with Gasteiger partial charge in [0.2, 0.25) is 0 Å². The number of hydrogen-bond acceptors (Lipinski definition) is 4. The molecule has 23 aromatic rings. The summed E-state index contributed by atoms with van der Waals surface area (Å²) in [5, 5.41) is 11.9. The summed E-state index contributed by atoms with van der Waals surface area (Å²) in [6.07, 6.45) is 1.10. The third-order valence-corrected chi connectivity index (χ3v) is 28.8. The first-order valence-electron chi connectivity index (χ1n) is 43.6. The van der Waals surface area contributed by atoms with Crippen LogP contribution in [-0.2, 0) is 6.42 Å². The summed E-state index contributed by atoms with van der Waals surface area (Å²) in [5.41, 5.74) is 34.8. The molecule has 127 heavy (non-hydrogen) atoms. The van der Waals surface area contributed by atoms with E-state index in [0.29, 0.717) is 11.8 Å². The van der Waals surface area contributed by atoms with Gasteiger partial charge in [-0.2, -0.15) is 0 Å². The zero-order chi connectivity index (χ0) is 84.0. The Morgan fingerprint density at radius 3 is 1.15 bits per heavy atom. The van der Waals surface area contributed by atoms with Gasteiger partial charge in [-0.05, 0) is 256 Å². The summed E-state index contributed by atoms with van der Waals surface area (Å²) < 4.78 is 8.87. The average molecular weight is 1720 g/mol. The van der Waals surface area contributed by atoms with Crippen LogP contribution < -0.4 is 9.80 Å². The summed E-state index contributed by atoms with van der Waals surface area (Å²) in [5.74, 6) is 0.921. The predicted octanol–water partition coefficient (Wildman–Crippen LogP) is 35.2. The van der Waals surface area contributed by atoms with Crippen LogP contribution in [0.5, 0.6) is 0 Å². The minimum absolute atomic E-state index is 0.406. The monoisotopic (exact) mass is 1720 g/mol. The minimum atomic E-state index is 0.406. The molecule has 0 fully saturated rings. The van der Waals surface area contributed by atoms with Crippen LogP contribution in [-0.4, -0.2) is 4.57 Å². The molecule has 598 valence electrons. The molecule has 26 rings (SSSR count). The number of hydrogen-bond donors (Lipinski definition) is 0. The average Bonchev–Trinajstić information content (AvgIpc) is 1.53. The van der Waals surface area contributed by atoms with Crippen molar-refractivity contribution in [1.29, 1.82) is 0 Å². The summed E-state index contributed by atoms with van der Waals surface area (Å²) in [6.45, 7) is 0. The van der Waals surface area contributed by atoms with Gasteiger partial charge in [0, 0.05) is 107 Å². The molecule has 0 saturated heterocycles. The molecule has 2 unspecified atom stereocenters. The van der Waals surface area contributed by atoms with E-state index < -0.39 is 0 Å². The van der Waals surface area contributed by atoms with Crippen LogP contribution in [0.25, 0.3) is 168 Å². The Hall–Kier alpha value is -15.0. The lowest BCUT2D eigenvalue weighted by atomic mass is 9.90. The first-order valence-corrected chi connectivity index (χ1v) is 46.1. The number of thiophene rings is 2. The highest BCUT2D eigenvalue weighted by Crippen LogP contribution is 2.59. The lowest BCUT2D eigenvalue weighted by Crippen LogP contribution is -2.11. The van der Waals surface area contributed by atoms with Gasteiger partial charge >= 0.3 is 0 Å². The minimum Gasteiger partial charge on any atom is -0.310 e. The molecule has 3 aliphatic carbocycles. The van der Waals surface area contributed by atoms with Crippen LogP contribution in [0, 0.1) is 0 Å². The fraction of sp³-hybridized carbons (Fsp3) is 0.0248. The Bertz CT molecular complexity index is 8070. The predicted molar refractivity (Wildman–Crippen MR) is 546 cm³/mol. The molecule has 0 amide bonds. The van der Waals surface area contributed by atoms with Crippen molar-refractivity contribution in [2.75, 3.05) is 9.80 Å². The standard InChI is InChI=1S/C60H38N2S.C43H29NS.C18H13Br/c1-4-15-39(16-5-1)43-23-12-24-46(34-43)61(48-29-31-51-50-25-10-11-28-56(50)63-57(51)38-48)47-30-32-55-54(37-47)59-52-26-13-21-42-22-14-27-53(58(42)52)60(59)62(55)49-35-44(40-17-6-2-7-18-40)33-45(36-49)41-19-8-3-9-20-41;1-2-9-27(10-3-1)29-13-6-14-31(23-29)44(33-21-22-35-34-15-4-5-18-40(34)45-41(35)26-33)32-20-19-30-24-39-36-16-7-11-28-12-8-17-37(42(28)36)43(39)38(30)25-32;19-18-12-16(14-7-3-1-4-8-14)11-17(13-18)15-9-5-2-6-10-15/h1-38H;1-23,25-26,39,43H,24H2;1-13H. The Balaban J connectivity index is 0.000000121. The number of nitrogens with zero attached hydrogens (tertiary/aromatic N) is 3. The number of benzene rings is 20. The smallest absolute Gasteiger partial charge is 0.0626 e. The second-order valence-corrected chi connectivity index (χ2v) is 36.5. The number of fused-ring (bicyclic) bond motifs is 16. The van der Waals surface area contributed by atoms with Gasteiger partial charge < -0.3 is 14.4 Å². The second-order valence-electron chi connectivity index (χ2n) is 33.5. The fourth-order valence-electron chi connectivity index (χ4n) is 20.4. The zero-order valence-electron chi connectivity index (χ0n) is 69.3. The Kier molecular flexibility index (Phi) is 19.0. The van der Waals surface area contributed by atoms with Crippen molar-refractivity contribution >= 4 is 146 Å². The van der Waals surface area contributed by atoms with Gasteiger partial charge in [-0.3, -0.25) is 0 Å². The van der Waals surface area contributed by atoms with Gasteiger partial charge in [-0.25, -0.2) is 0 Å². The van der Waals surface area contributed by atoms with Crippen molar-refractivity contribution in [2.45, 2.75) is 18.3 Å². The fourth-order valence-corrected chi connectivity index (χ4v) is 23.2. The largest absolute Gasteiger partial charge is 0.310 e. The molecule has 20 aromatic carbocycles. The van der Waals surface area contributed by atoms with E-state index >= 15 is 0 Å². The molecule has 3 heterocycles. The summed E-state index contributed by atoms with van der Waals surface area (Å²) in [4.78, 5) is 4.91. The summed E-state index contributed by atoms with van der Waals surface area (Å²) in [7, 11) is 0. The van der Waals surface area contributed by atoms with E-state index in [2.05, 4.69) is 479 Å². The summed E-state index contributed by atoms with van der Waals surface area (Å²) >= 11 is 7.35. The first kappa shape index (κ1) is 75.7. The molecule has 0 spiro atoms. The molecule has 6 heteroatoms. The third kappa shape index (κ3) is 13.6. The van der Waals surface area contributed by atoms with Gasteiger partial charge in [0.05, 0.1) is 11.2 Å². The Morgan fingerprint density at radius 1 is 0.252 bits per heavy atom. The van der Waals surface area contributed by atoms with Crippen LogP contribution in [0.3, 0.4) is 0 Å². The van der Waals surface area contributed by atoms with Gasteiger partial charge in [0.25, 0.3) is 0 Å². The van der Waals surface area contributed by atoms with Gasteiger partial charge in [-0.1, -0.05) is 350 Å². The van der Waals surface area contributed by atoms with Crippen molar-refractivity contribution in [2.24, 2.45) is 0 Å². The number of rotatable bonds is 13. The highest BCUT2D eigenvalue weighted by Gasteiger charge is 2.42. The third-order valence-electron chi connectivity index (χ3n) is 26.1. The molecule has 0 radical (unpaired) electrons. The maximum Gasteiger partial charge on any atom is 0.0626 e. The number of anilines is 6. The number of halogens is 1. The van der Waals surface area contributed by atoms with Crippen LogP contribution in [0.4, 0.5) is 34.1 Å². The van der Waals surface area contributed by atoms with Crippen molar-refractivity contribution in [3.05, 3.63) is 488 Å². The van der Waals surface area contributed by atoms with Crippen molar-refractivity contribution < 1.29 is 0 Å². The molecule has 3 aliphatic rings. The van der Waals surface area contributed by atoms with E-state index in [-0.39, 0.29) is 0 Å². The molecular formula is C121H80BrN3S2.